The van der Waals surface area contributed by atoms with Crippen LogP contribution in [0, 0.1) is 10.1 Å². The topological polar surface area (TPSA) is 188 Å². The number of tetrazole rings is 1. The highest BCUT2D eigenvalue weighted by atomic mass is 16.9. The van der Waals surface area contributed by atoms with E-state index in [1.54, 1.807) is 16.7 Å². The minimum atomic E-state index is -1.42. The number of aryl methyl sites for hydroxylation is 1. The number of hydrogen-bond acceptors (Lipinski definition) is 10. The van der Waals surface area contributed by atoms with E-state index < -0.39 is 22.6 Å². The summed E-state index contributed by atoms with van der Waals surface area (Å²) < 4.78 is 1.65. The van der Waals surface area contributed by atoms with Crippen LogP contribution in [0.5, 0.6) is 0 Å². The Hall–Kier alpha value is -5.76. The number of rotatable bonds is 12. The molecule has 0 fully saturated rings. The smallest absolute Gasteiger partial charge is 0.354 e. The summed E-state index contributed by atoms with van der Waals surface area (Å²) in [5, 5.41) is 42.5. The number of benzene rings is 3. The van der Waals surface area contributed by atoms with E-state index in [9.17, 15) is 29.9 Å². The highest BCUT2D eigenvalue weighted by Crippen LogP contribution is 2.31. The zero-order chi connectivity index (χ0) is 33.0. The van der Waals surface area contributed by atoms with Crippen molar-refractivity contribution in [3.05, 3.63) is 117 Å². The number of carboxylic acid groups (broad SMARTS) is 1. The zero-order valence-electron chi connectivity index (χ0n) is 25.3. The Bertz CT molecular complexity index is 1890. The minimum Gasteiger partial charge on any atom is -0.477 e. The van der Waals surface area contributed by atoms with Crippen LogP contribution in [-0.4, -0.2) is 56.9 Å². The maximum atomic E-state index is 13.0. The number of aliphatic hydroxyl groups is 1. The fraction of sp³-hybridized carbons (Fsp3) is 0.250. The van der Waals surface area contributed by atoms with Crippen molar-refractivity contribution in [2.45, 2.75) is 52.4 Å². The SMILES string of the molecule is CCCc1nc(C(C)(C)O)c(C(=O)O)n1Cc1ccc(-c2ccccc2-c2nnn(C(=O)c3ccc(CO[N+](=O)[O-])cc3)n2)cc1. The second-order valence-corrected chi connectivity index (χ2v) is 11.1. The van der Waals surface area contributed by atoms with Crippen molar-refractivity contribution in [2.24, 2.45) is 0 Å². The quantitative estimate of drug-likeness (QED) is 0.146. The van der Waals surface area contributed by atoms with Crippen LogP contribution in [0.2, 0.25) is 0 Å². The molecule has 2 heterocycles. The maximum Gasteiger partial charge on any atom is 0.354 e. The Morgan fingerprint density at radius 2 is 1.63 bits per heavy atom. The third-order valence-electron chi connectivity index (χ3n) is 7.21. The molecule has 0 aliphatic heterocycles. The Balaban J connectivity index is 1.39. The van der Waals surface area contributed by atoms with Gasteiger partial charge in [-0.25, -0.2) is 9.78 Å². The van der Waals surface area contributed by atoms with Gasteiger partial charge in [-0.05, 0) is 59.9 Å². The third-order valence-corrected chi connectivity index (χ3v) is 7.21. The summed E-state index contributed by atoms with van der Waals surface area (Å²) in [6.45, 7) is 5.04. The molecule has 5 aromatic rings. The molecular weight excluding hydrogens is 594 g/mol. The second-order valence-electron chi connectivity index (χ2n) is 11.1. The Morgan fingerprint density at radius 1 is 0.978 bits per heavy atom. The molecule has 3 aromatic carbocycles. The lowest BCUT2D eigenvalue weighted by Crippen LogP contribution is -2.22. The molecule has 0 saturated heterocycles. The molecule has 236 valence electrons. The van der Waals surface area contributed by atoms with Crippen molar-refractivity contribution in [2.75, 3.05) is 0 Å². The number of nitrogens with zero attached hydrogens (tertiary/aromatic N) is 7. The lowest BCUT2D eigenvalue weighted by atomic mass is 9.98. The fourth-order valence-corrected chi connectivity index (χ4v) is 5.02. The fourth-order valence-electron chi connectivity index (χ4n) is 5.02. The molecule has 2 aromatic heterocycles. The highest BCUT2D eigenvalue weighted by Gasteiger charge is 2.31. The molecule has 0 spiro atoms. The highest BCUT2D eigenvalue weighted by molar-refractivity contribution is 5.95. The molecule has 0 aliphatic rings. The first-order valence-electron chi connectivity index (χ1n) is 14.4. The summed E-state index contributed by atoms with van der Waals surface area (Å²) in [5.74, 6) is -0.861. The van der Waals surface area contributed by atoms with E-state index in [0.717, 1.165) is 27.9 Å². The van der Waals surface area contributed by atoms with Gasteiger partial charge < -0.3 is 19.6 Å². The van der Waals surface area contributed by atoms with Crippen molar-refractivity contribution >= 4 is 11.9 Å². The number of imidazole rings is 1. The first-order valence-corrected chi connectivity index (χ1v) is 14.4. The standard InChI is InChI=1S/C32H31N7O7/c1-4-7-26-33-28(32(2,3)43)27(31(41)42)37(26)18-20-10-14-22(15-11-20)24-8-5-6-9-25(24)29-34-36-38(35-29)30(40)23-16-12-21(13-17-23)19-46-39(44)45/h5-6,8-17,43H,4,7,18-19H2,1-3H3,(H,41,42). The van der Waals surface area contributed by atoms with Crippen LogP contribution in [0.1, 0.15) is 70.7 Å². The molecule has 0 atom stereocenters. The molecule has 0 unspecified atom stereocenters. The normalized spacial score (nSPS) is 11.4. The first-order chi connectivity index (χ1) is 22.0. The van der Waals surface area contributed by atoms with Gasteiger partial charge in [0.2, 0.25) is 5.82 Å². The summed E-state index contributed by atoms with van der Waals surface area (Å²) in [5.41, 5.74) is 2.57. The Labute approximate surface area is 263 Å². The van der Waals surface area contributed by atoms with E-state index in [-0.39, 0.29) is 35.9 Å². The van der Waals surface area contributed by atoms with E-state index >= 15 is 0 Å². The van der Waals surface area contributed by atoms with E-state index in [0.29, 0.717) is 23.4 Å². The van der Waals surface area contributed by atoms with E-state index in [4.69, 9.17) is 0 Å². The van der Waals surface area contributed by atoms with Crippen molar-refractivity contribution < 1.29 is 29.7 Å². The van der Waals surface area contributed by atoms with Gasteiger partial charge in [-0.15, -0.1) is 20.3 Å². The molecule has 0 amide bonds. The molecule has 0 bridgehead atoms. The molecular formula is C32H31N7O7. The van der Waals surface area contributed by atoms with E-state index in [2.05, 4.69) is 25.2 Å². The summed E-state index contributed by atoms with van der Waals surface area (Å²) >= 11 is 0. The van der Waals surface area contributed by atoms with Gasteiger partial charge >= 0.3 is 5.97 Å². The molecule has 0 aliphatic carbocycles. The van der Waals surface area contributed by atoms with Crippen LogP contribution in [0.4, 0.5) is 0 Å². The molecule has 0 radical (unpaired) electrons. The van der Waals surface area contributed by atoms with Crippen molar-refractivity contribution in [1.82, 2.24) is 29.8 Å². The molecule has 2 N–H and O–H groups in total. The van der Waals surface area contributed by atoms with Gasteiger partial charge in [-0.1, -0.05) is 72.4 Å². The van der Waals surface area contributed by atoms with Gasteiger partial charge in [0.05, 0.1) is 0 Å². The van der Waals surface area contributed by atoms with Crippen molar-refractivity contribution in [3.63, 3.8) is 0 Å². The van der Waals surface area contributed by atoms with Gasteiger partial charge in [-0.2, -0.15) is 0 Å². The summed E-state index contributed by atoms with van der Waals surface area (Å²) in [4.78, 5) is 45.4. The predicted octanol–water partition coefficient (Wildman–Crippen LogP) is 4.53. The average molecular weight is 626 g/mol. The summed E-state index contributed by atoms with van der Waals surface area (Å²) in [7, 11) is 0. The van der Waals surface area contributed by atoms with Crippen LogP contribution < -0.4 is 0 Å². The van der Waals surface area contributed by atoms with Crippen LogP contribution in [-0.2, 0) is 30.0 Å². The second kappa shape index (κ2) is 13.1. The van der Waals surface area contributed by atoms with Crippen LogP contribution in [0.15, 0.2) is 72.8 Å². The van der Waals surface area contributed by atoms with Crippen LogP contribution >= 0.6 is 0 Å². The first kappa shape index (κ1) is 31.7. The van der Waals surface area contributed by atoms with Gasteiger partial charge in [0, 0.05) is 24.1 Å². The zero-order valence-corrected chi connectivity index (χ0v) is 25.3. The van der Waals surface area contributed by atoms with Crippen molar-refractivity contribution in [3.8, 4) is 22.5 Å². The van der Waals surface area contributed by atoms with E-state index in [1.165, 1.54) is 26.0 Å². The largest absolute Gasteiger partial charge is 0.477 e. The Kier molecular flexibility index (Phi) is 9.00. The van der Waals surface area contributed by atoms with E-state index in [1.807, 2.05) is 55.5 Å². The van der Waals surface area contributed by atoms with Crippen molar-refractivity contribution in [1.29, 1.82) is 0 Å². The summed E-state index contributed by atoms with van der Waals surface area (Å²) in [6.07, 6.45) is 1.32. The lowest BCUT2D eigenvalue weighted by molar-refractivity contribution is -0.763. The number of carbonyl (C=O) groups is 2. The lowest BCUT2D eigenvalue weighted by Gasteiger charge is -2.16. The number of aromatic carboxylic acids is 1. The average Bonchev–Trinajstić information content (AvgIpc) is 3.66. The number of carboxylic acids is 1. The third kappa shape index (κ3) is 6.81. The molecule has 14 nitrogen and oxygen atoms in total. The van der Waals surface area contributed by atoms with Gasteiger partial charge in [0.25, 0.3) is 11.0 Å². The van der Waals surface area contributed by atoms with Gasteiger partial charge in [0.1, 0.15) is 23.7 Å². The molecule has 5 rings (SSSR count). The predicted molar refractivity (Wildman–Crippen MR) is 164 cm³/mol. The van der Waals surface area contributed by atoms with Gasteiger partial charge in [-0.3, -0.25) is 4.79 Å². The van der Waals surface area contributed by atoms with Crippen LogP contribution in [0.25, 0.3) is 22.5 Å². The van der Waals surface area contributed by atoms with Crippen LogP contribution in [0.3, 0.4) is 0 Å². The molecule has 14 heteroatoms. The van der Waals surface area contributed by atoms with Gasteiger partial charge in [0.15, 0.2) is 5.69 Å². The number of carbonyl (C=O) groups excluding carboxylic acids is 1. The Morgan fingerprint density at radius 3 is 2.24 bits per heavy atom. The number of hydrogen-bond donors (Lipinski definition) is 2. The summed E-state index contributed by atoms with van der Waals surface area (Å²) in [6, 6.07) is 21.1. The maximum absolute atomic E-state index is 13.0. The number of aromatic nitrogens is 6. The molecule has 0 saturated carbocycles. The minimum absolute atomic E-state index is 0.0334. The monoisotopic (exact) mass is 625 g/mol. The molecule has 46 heavy (non-hydrogen) atoms.